The summed E-state index contributed by atoms with van der Waals surface area (Å²) in [5, 5.41) is 0. The molecule has 0 aromatic heterocycles. The van der Waals surface area contributed by atoms with E-state index in [0.29, 0.717) is 0 Å². The van der Waals surface area contributed by atoms with Gasteiger partial charge in [0.05, 0.1) is 0 Å². The zero-order chi connectivity index (χ0) is 20.7. The van der Waals surface area contributed by atoms with Gasteiger partial charge in [-0.2, -0.15) is 0 Å². The average Bonchev–Trinajstić information content (AvgIpc) is 3.00. The Morgan fingerprint density at radius 1 is 0.741 bits per heavy atom. The van der Waals surface area contributed by atoms with E-state index in [4.69, 9.17) is 0 Å². The van der Waals surface area contributed by atoms with E-state index in [0.717, 1.165) is 19.6 Å². The van der Waals surface area contributed by atoms with Crippen molar-refractivity contribution in [2.45, 2.75) is 83.2 Å². The van der Waals surface area contributed by atoms with Crippen LogP contribution < -0.4 is 0 Å². The van der Waals surface area contributed by atoms with Gasteiger partial charge in [0, 0.05) is 0 Å². The standard InChI is InChI=1S/C14H23.3C3H8N.Hf/c1-4-7-12-10-13(8-5-2)14(11-12)9-6-3;3*1-3-4-2;/h10-11H,4-9H2,1-3H3;3*3H2,1-2H3;/q;3*-1;+3. The van der Waals surface area contributed by atoms with Gasteiger partial charge in [-0.25, -0.2) is 0 Å². The summed E-state index contributed by atoms with van der Waals surface area (Å²) in [5.41, 5.74) is 3.36. The van der Waals surface area contributed by atoms with Crippen LogP contribution in [0.3, 0.4) is 0 Å². The van der Waals surface area contributed by atoms with Gasteiger partial charge in [0.25, 0.3) is 0 Å². The van der Waals surface area contributed by atoms with Gasteiger partial charge in [-0.1, -0.05) is 0 Å². The molecular formula is C23H47HfN3. The van der Waals surface area contributed by atoms with Gasteiger partial charge >= 0.3 is 177 Å². The van der Waals surface area contributed by atoms with E-state index in [1.165, 1.54) is 38.5 Å². The van der Waals surface area contributed by atoms with Crippen LogP contribution in [-0.4, -0.2) is 49.4 Å². The van der Waals surface area contributed by atoms with Crippen LogP contribution >= 0.6 is 0 Å². The van der Waals surface area contributed by atoms with Crippen LogP contribution in [0.5, 0.6) is 0 Å². The van der Waals surface area contributed by atoms with E-state index in [-0.39, 0.29) is 3.17 Å². The first kappa shape index (κ1) is 25.3. The van der Waals surface area contributed by atoms with Crippen molar-refractivity contribution in [3.8, 4) is 0 Å². The third kappa shape index (κ3) is 4.54. The molecule has 0 saturated heterocycles. The van der Waals surface area contributed by atoms with Crippen LogP contribution in [0.25, 0.3) is 0 Å². The Balaban J connectivity index is 3.84. The van der Waals surface area contributed by atoms with Crippen molar-refractivity contribution in [2.75, 3.05) is 40.8 Å². The van der Waals surface area contributed by atoms with Crippen LogP contribution in [0, 0.1) is 0 Å². The van der Waals surface area contributed by atoms with E-state index < -0.39 is 20.8 Å². The molecule has 0 N–H and O–H groups in total. The number of nitrogens with zero attached hydrogens (tertiary/aromatic N) is 3. The van der Waals surface area contributed by atoms with Crippen molar-refractivity contribution in [2.24, 2.45) is 0 Å². The van der Waals surface area contributed by atoms with Crippen molar-refractivity contribution < 1.29 is 20.8 Å². The second-order valence-electron chi connectivity index (χ2n) is 8.29. The number of allylic oxidation sites excluding steroid dienone is 4. The monoisotopic (exact) mass is 545 g/mol. The molecule has 0 aliphatic heterocycles. The molecular weight excluding hydrogens is 497 g/mol. The van der Waals surface area contributed by atoms with Gasteiger partial charge in [-0.15, -0.1) is 0 Å². The second-order valence-corrected chi connectivity index (χ2v) is 24.3. The van der Waals surface area contributed by atoms with Gasteiger partial charge in [-0.3, -0.25) is 0 Å². The first-order valence-electron chi connectivity index (χ1n) is 11.4. The number of rotatable bonds is 13. The van der Waals surface area contributed by atoms with Crippen LogP contribution in [0.1, 0.15) is 80.1 Å². The minimum absolute atomic E-state index is 0.266. The molecule has 0 radical (unpaired) electrons. The molecule has 1 aliphatic rings. The van der Waals surface area contributed by atoms with Crippen molar-refractivity contribution in [3.63, 3.8) is 0 Å². The summed E-state index contributed by atoms with van der Waals surface area (Å²) >= 11 is -3.37. The van der Waals surface area contributed by atoms with Gasteiger partial charge in [0.1, 0.15) is 0 Å². The molecule has 0 saturated carbocycles. The molecule has 0 bridgehead atoms. The molecule has 3 nitrogen and oxygen atoms in total. The number of hydrogen-bond donors (Lipinski definition) is 0. The Morgan fingerprint density at radius 3 is 1.59 bits per heavy atom. The zero-order valence-electron chi connectivity index (χ0n) is 19.9. The van der Waals surface area contributed by atoms with E-state index in [9.17, 15) is 0 Å². The molecule has 1 rings (SSSR count). The van der Waals surface area contributed by atoms with Gasteiger partial charge < -0.3 is 0 Å². The molecule has 0 fully saturated rings. The molecule has 27 heavy (non-hydrogen) atoms. The quantitative estimate of drug-likeness (QED) is 0.257. The Bertz CT molecular complexity index is 487. The Labute approximate surface area is 176 Å². The summed E-state index contributed by atoms with van der Waals surface area (Å²) < 4.78 is 8.74. The fourth-order valence-corrected chi connectivity index (χ4v) is 29.6. The molecule has 1 aliphatic carbocycles. The van der Waals surface area contributed by atoms with Gasteiger partial charge in [0.15, 0.2) is 0 Å². The van der Waals surface area contributed by atoms with Crippen molar-refractivity contribution >= 4 is 0 Å². The Morgan fingerprint density at radius 2 is 1.22 bits per heavy atom. The first-order chi connectivity index (χ1) is 12.9. The van der Waals surface area contributed by atoms with Crippen molar-refractivity contribution in [1.29, 1.82) is 0 Å². The first-order valence-corrected chi connectivity index (χ1v) is 18.0. The summed E-state index contributed by atoms with van der Waals surface area (Å²) in [5.74, 6) is 0. The van der Waals surface area contributed by atoms with E-state index >= 15 is 0 Å². The summed E-state index contributed by atoms with van der Waals surface area (Å²) in [6.07, 6.45) is 12.9. The molecule has 1 unspecified atom stereocenters. The van der Waals surface area contributed by atoms with Gasteiger partial charge in [-0.05, 0) is 0 Å². The maximum atomic E-state index is 2.82. The molecule has 4 heteroatoms. The Hall–Kier alpha value is 0.230. The van der Waals surface area contributed by atoms with Crippen molar-refractivity contribution in [1.82, 2.24) is 8.66 Å². The fraction of sp³-hybridized carbons (Fsp3) is 0.826. The zero-order valence-corrected chi connectivity index (χ0v) is 23.5. The van der Waals surface area contributed by atoms with Crippen LogP contribution in [-0.2, 0) is 20.8 Å². The molecule has 158 valence electrons. The molecule has 0 aromatic carbocycles. The predicted molar refractivity (Wildman–Crippen MR) is 118 cm³/mol. The van der Waals surface area contributed by atoms with E-state index in [2.05, 4.69) is 83.5 Å². The molecule has 1 atom stereocenters. The van der Waals surface area contributed by atoms with Crippen LogP contribution in [0.15, 0.2) is 23.3 Å². The minimum atomic E-state index is -3.37. The van der Waals surface area contributed by atoms with E-state index in [1.807, 2.05) is 0 Å². The Kier molecular flexibility index (Phi) is 10.7. The fourth-order valence-electron chi connectivity index (χ4n) is 5.47. The molecule has 0 spiro atoms. The number of hydrogen-bond acceptors (Lipinski definition) is 3. The topological polar surface area (TPSA) is 9.72 Å². The molecule has 0 amide bonds. The van der Waals surface area contributed by atoms with Crippen LogP contribution in [0.4, 0.5) is 0 Å². The maximum absolute atomic E-state index is 3.37. The summed E-state index contributed by atoms with van der Waals surface area (Å²) in [6, 6.07) is 0. The predicted octanol–water partition coefficient (Wildman–Crippen LogP) is 6.17. The summed E-state index contributed by atoms with van der Waals surface area (Å²) in [6.45, 7) is 17.5. The summed E-state index contributed by atoms with van der Waals surface area (Å²) in [4.78, 5) is 0. The molecule has 0 heterocycles. The normalized spacial score (nSPS) is 20.7. The third-order valence-electron chi connectivity index (χ3n) is 6.69. The summed E-state index contributed by atoms with van der Waals surface area (Å²) in [7, 11) is 7.27. The third-order valence-corrected chi connectivity index (χ3v) is 28.4. The van der Waals surface area contributed by atoms with Gasteiger partial charge in [0.2, 0.25) is 0 Å². The van der Waals surface area contributed by atoms with Crippen LogP contribution in [0.2, 0.25) is 3.17 Å². The SMILES string of the molecule is CCCC1=C[C](CCC)([Hf]([N](C)CC)([N](C)CC)[N](C)CC)C(CCC)=C1. The van der Waals surface area contributed by atoms with Crippen molar-refractivity contribution in [3.05, 3.63) is 23.3 Å². The average molecular weight is 544 g/mol. The second kappa shape index (κ2) is 11.4. The van der Waals surface area contributed by atoms with E-state index in [1.54, 1.807) is 11.1 Å². The molecule has 0 aromatic rings.